The topological polar surface area (TPSA) is 89.8 Å². The fourth-order valence-corrected chi connectivity index (χ4v) is 4.10. The van der Waals surface area contributed by atoms with Gasteiger partial charge in [-0.2, -0.15) is 0 Å². The largest absolute Gasteiger partial charge is 0.394 e. The molecule has 4 N–H and O–H groups in total. The van der Waals surface area contributed by atoms with E-state index in [9.17, 15) is 20.1 Å². The van der Waals surface area contributed by atoms with Gasteiger partial charge in [0, 0.05) is 6.42 Å². The predicted octanol–water partition coefficient (Wildman–Crippen LogP) is 6.19. The third kappa shape index (κ3) is 20.2. The number of rotatable bonds is 24. The first-order valence-corrected chi connectivity index (χ1v) is 14.0. The third-order valence-corrected chi connectivity index (χ3v) is 6.37. The average Bonchev–Trinajstić information content (AvgIpc) is 2.82. The molecule has 33 heavy (non-hydrogen) atoms. The third-order valence-electron chi connectivity index (χ3n) is 6.37. The van der Waals surface area contributed by atoms with Gasteiger partial charge in [-0.25, -0.2) is 0 Å². The first kappa shape index (κ1) is 32.1. The number of hydrogen-bond acceptors (Lipinski definition) is 4. The van der Waals surface area contributed by atoms with Gasteiger partial charge in [-0.15, -0.1) is 0 Å². The monoisotopic (exact) mass is 469 g/mol. The van der Waals surface area contributed by atoms with Crippen molar-refractivity contribution < 1.29 is 20.1 Å². The number of carbonyl (C=O) groups excluding carboxylic acids is 1. The first-order valence-electron chi connectivity index (χ1n) is 14.0. The molecule has 0 aliphatic heterocycles. The summed E-state index contributed by atoms with van der Waals surface area (Å²) in [5, 5.41) is 32.9. The molecule has 196 valence electrons. The molecule has 3 unspecified atom stereocenters. The standard InChI is InChI=1S/C28H55NO4/c1-3-5-7-9-11-13-15-16-18-20-22-26(31)28(33)25(24-30)29-27(32)23-21-19-17-14-12-10-8-6-4-2/h15-16,25-26,28,30-31,33H,3-14,17-24H2,1-2H3,(H,29,32)/b16-15+. The Kier molecular flexibility index (Phi) is 23.6. The van der Waals surface area contributed by atoms with Gasteiger partial charge in [0.25, 0.3) is 0 Å². The summed E-state index contributed by atoms with van der Waals surface area (Å²) in [5.41, 5.74) is 0. The fraction of sp³-hybridized carbons (Fsp3) is 0.893. The Morgan fingerprint density at radius 3 is 1.76 bits per heavy atom. The number of hydrogen-bond donors (Lipinski definition) is 4. The van der Waals surface area contributed by atoms with E-state index in [1.165, 1.54) is 70.6 Å². The minimum Gasteiger partial charge on any atom is -0.394 e. The van der Waals surface area contributed by atoms with E-state index in [-0.39, 0.29) is 12.5 Å². The number of amides is 1. The lowest BCUT2D eigenvalue weighted by Crippen LogP contribution is -2.50. The molecule has 0 saturated heterocycles. The Morgan fingerprint density at radius 1 is 0.727 bits per heavy atom. The molecule has 0 bridgehead atoms. The summed E-state index contributed by atoms with van der Waals surface area (Å²) in [7, 11) is 0. The summed E-state index contributed by atoms with van der Waals surface area (Å²) in [6.45, 7) is 4.07. The lowest BCUT2D eigenvalue weighted by molar-refractivity contribution is -0.124. The second kappa shape index (κ2) is 24.2. The number of nitrogens with one attached hydrogen (secondary N) is 1. The molecule has 0 heterocycles. The van der Waals surface area contributed by atoms with Crippen LogP contribution in [0.1, 0.15) is 136 Å². The summed E-state index contributed by atoms with van der Waals surface area (Å²) >= 11 is 0. The van der Waals surface area contributed by atoms with Gasteiger partial charge in [-0.1, -0.05) is 103 Å². The van der Waals surface area contributed by atoms with Gasteiger partial charge < -0.3 is 20.6 Å². The highest BCUT2D eigenvalue weighted by molar-refractivity contribution is 5.76. The van der Waals surface area contributed by atoms with Gasteiger partial charge in [0.1, 0.15) is 6.10 Å². The average molecular weight is 470 g/mol. The highest BCUT2D eigenvalue weighted by atomic mass is 16.3. The Bertz CT molecular complexity index is 455. The van der Waals surface area contributed by atoms with E-state index >= 15 is 0 Å². The molecule has 5 heteroatoms. The van der Waals surface area contributed by atoms with Crippen molar-refractivity contribution in [1.82, 2.24) is 5.32 Å². The van der Waals surface area contributed by atoms with E-state index in [0.29, 0.717) is 12.8 Å². The van der Waals surface area contributed by atoms with Crippen LogP contribution in [0.25, 0.3) is 0 Å². The van der Waals surface area contributed by atoms with Gasteiger partial charge in [0.15, 0.2) is 0 Å². The maximum atomic E-state index is 12.2. The second-order valence-corrected chi connectivity index (χ2v) is 9.60. The minimum absolute atomic E-state index is 0.162. The van der Waals surface area contributed by atoms with Crippen molar-refractivity contribution in [1.29, 1.82) is 0 Å². The van der Waals surface area contributed by atoms with Gasteiger partial charge in [-0.05, 0) is 38.5 Å². The molecule has 0 spiro atoms. The molecule has 0 aromatic rings. The van der Waals surface area contributed by atoms with Crippen molar-refractivity contribution in [2.45, 2.75) is 154 Å². The first-order chi connectivity index (χ1) is 16.1. The Hall–Kier alpha value is -0.910. The lowest BCUT2D eigenvalue weighted by Gasteiger charge is -2.26. The van der Waals surface area contributed by atoms with Crippen LogP contribution in [0.3, 0.4) is 0 Å². The normalized spacial score (nSPS) is 14.5. The van der Waals surface area contributed by atoms with Crippen molar-refractivity contribution in [2.75, 3.05) is 6.61 Å². The zero-order valence-corrected chi connectivity index (χ0v) is 21.8. The maximum Gasteiger partial charge on any atom is 0.220 e. The lowest BCUT2D eigenvalue weighted by atomic mass is 10.0. The summed E-state index contributed by atoms with van der Waals surface area (Å²) in [4.78, 5) is 12.2. The van der Waals surface area contributed by atoms with Crippen LogP contribution in [0.5, 0.6) is 0 Å². The Morgan fingerprint density at radius 2 is 1.21 bits per heavy atom. The van der Waals surface area contributed by atoms with Crippen LogP contribution in [0, 0.1) is 0 Å². The highest BCUT2D eigenvalue weighted by Crippen LogP contribution is 2.12. The van der Waals surface area contributed by atoms with Gasteiger partial charge in [-0.3, -0.25) is 4.79 Å². The molecule has 0 fully saturated rings. The van der Waals surface area contributed by atoms with Crippen LogP contribution in [-0.4, -0.2) is 46.1 Å². The van der Waals surface area contributed by atoms with Crippen molar-refractivity contribution in [3.05, 3.63) is 12.2 Å². The highest BCUT2D eigenvalue weighted by Gasteiger charge is 2.26. The molecule has 5 nitrogen and oxygen atoms in total. The number of allylic oxidation sites excluding steroid dienone is 2. The van der Waals surface area contributed by atoms with Gasteiger partial charge in [0.2, 0.25) is 5.91 Å². The number of unbranched alkanes of at least 4 members (excludes halogenated alkanes) is 14. The quantitative estimate of drug-likeness (QED) is 0.100. The van der Waals surface area contributed by atoms with Gasteiger partial charge in [0.05, 0.1) is 18.8 Å². The summed E-state index contributed by atoms with van der Waals surface area (Å²) in [6, 6.07) is -0.815. The van der Waals surface area contributed by atoms with Gasteiger partial charge >= 0.3 is 0 Å². The molecule has 0 saturated carbocycles. The summed E-state index contributed by atoms with van der Waals surface area (Å²) in [5.74, 6) is -0.162. The summed E-state index contributed by atoms with van der Waals surface area (Å²) < 4.78 is 0. The molecule has 0 aromatic heterocycles. The van der Waals surface area contributed by atoms with Crippen LogP contribution >= 0.6 is 0 Å². The number of aliphatic hydroxyl groups is 3. The van der Waals surface area contributed by atoms with E-state index in [1.54, 1.807) is 0 Å². The summed E-state index contributed by atoms with van der Waals surface area (Å²) in [6.07, 6.45) is 23.0. The Balaban J connectivity index is 3.87. The van der Waals surface area contributed by atoms with Crippen LogP contribution in [0.15, 0.2) is 12.2 Å². The zero-order chi connectivity index (χ0) is 24.6. The molecule has 1 amide bonds. The number of aliphatic hydroxyl groups excluding tert-OH is 3. The van der Waals surface area contributed by atoms with E-state index < -0.39 is 18.2 Å². The molecular formula is C28H55NO4. The smallest absolute Gasteiger partial charge is 0.220 e. The van der Waals surface area contributed by atoms with E-state index in [4.69, 9.17) is 0 Å². The van der Waals surface area contributed by atoms with Crippen LogP contribution in [0.2, 0.25) is 0 Å². The fourth-order valence-electron chi connectivity index (χ4n) is 4.10. The maximum absolute atomic E-state index is 12.2. The SMILES string of the molecule is CCCCCCC/C=C/CCCC(O)C(O)C(CO)NC(=O)CCCCCCCCCCC. The van der Waals surface area contributed by atoms with Crippen molar-refractivity contribution in [3.8, 4) is 0 Å². The van der Waals surface area contributed by atoms with Crippen molar-refractivity contribution in [3.63, 3.8) is 0 Å². The van der Waals surface area contributed by atoms with Crippen LogP contribution in [-0.2, 0) is 4.79 Å². The predicted molar refractivity (Wildman–Crippen MR) is 139 cm³/mol. The van der Waals surface area contributed by atoms with Crippen molar-refractivity contribution >= 4 is 5.91 Å². The molecular weight excluding hydrogens is 414 g/mol. The van der Waals surface area contributed by atoms with Crippen LogP contribution in [0.4, 0.5) is 0 Å². The molecule has 0 aliphatic carbocycles. The molecule has 0 radical (unpaired) electrons. The van der Waals surface area contributed by atoms with Crippen LogP contribution < -0.4 is 5.32 Å². The molecule has 0 aromatic carbocycles. The molecule has 0 aliphatic rings. The molecule has 0 rings (SSSR count). The second-order valence-electron chi connectivity index (χ2n) is 9.60. The molecule has 3 atom stereocenters. The zero-order valence-electron chi connectivity index (χ0n) is 21.8. The van der Waals surface area contributed by atoms with Crippen molar-refractivity contribution in [2.24, 2.45) is 0 Å². The van der Waals surface area contributed by atoms with E-state index in [2.05, 4.69) is 31.3 Å². The van der Waals surface area contributed by atoms with E-state index in [1.807, 2.05) is 0 Å². The minimum atomic E-state index is -1.15. The number of carbonyl (C=O) groups is 1. The van der Waals surface area contributed by atoms with E-state index in [0.717, 1.165) is 38.5 Å². The Labute approximate surface area is 204 Å².